The molecule has 7 nitrogen and oxygen atoms in total. The molecule has 8 heteroatoms. The van der Waals surface area contributed by atoms with E-state index < -0.39 is 5.82 Å². The van der Waals surface area contributed by atoms with Crippen molar-refractivity contribution in [1.29, 1.82) is 0 Å². The van der Waals surface area contributed by atoms with Crippen molar-refractivity contribution in [3.63, 3.8) is 0 Å². The third-order valence-electron chi connectivity index (χ3n) is 5.46. The van der Waals surface area contributed by atoms with Gasteiger partial charge in [0.15, 0.2) is 0 Å². The van der Waals surface area contributed by atoms with Gasteiger partial charge in [0, 0.05) is 58.4 Å². The van der Waals surface area contributed by atoms with Gasteiger partial charge in [0.25, 0.3) is 5.91 Å². The van der Waals surface area contributed by atoms with Gasteiger partial charge in [-0.25, -0.2) is 14.4 Å². The van der Waals surface area contributed by atoms with E-state index in [0.717, 1.165) is 37.8 Å². The maximum atomic E-state index is 13.9. The van der Waals surface area contributed by atoms with E-state index in [1.54, 1.807) is 23.4 Å². The predicted molar refractivity (Wildman–Crippen MR) is 106 cm³/mol. The Morgan fingerprint density at radius 3 is 2.07 bits per heavy atom. The topological polar surface area (TPSA) is 55.8 Å². The van der Waals surface area contributed by atoms with Crippen molar-refractivity contribution in [1.82, 2.24) is 19.8 Å². The normalized spacial score (nSPS) is 18.4. The maximum Gasteiger partial charge on any atom is 0.256 e. The van der Waals surface area contributed by atoms with Crippen molar-refractivity contribution in [2.45, 2.75) is 0 Å². The molecule has 0 bridgehead atoms. The first-order valence-electron chi connectivity index (χ1n) is 9.66. The molecular weight excluding hydrogens is 359 g/mol. The van der Waals surface area contributed by atoms with E-state index in [2.05, 4.69) is 31.7 Å². The lowest BCUT2D eigenvalue weighted by Gasteiger charge is -2.36. The number of piperazine rings is 2. The highest BCUT2D eigenvalue weighted by Gasteiger charge is 2.25. The van der Waals surface area contributed by atoms with E-state index >= 15 is 0 Å². The number of carbonyl (C=O) groups excluding carboxylic acids is 1. The summed E-state index contributed by atoms with van der Waals surface area (Å²) in [4.78, 5) is 29.9. The summed E-state index contributed by atoms with van der Waals surface area (Å²) in [5, 5.41) is 0. The van der Waals surface area contributed by atoms with E-state index in [1.165, 1.54) is 12.1 Å². The van der Waals surface area contributed by atoms with Crippen molar-refractivity contribution < 1.29 is 9.18 Å². The Labute approximate surface area is 164 Å². The van der Waals surface area contributed by atoms with Crippen molar-refractivity contribution in [2.75, 3.05) is 69.2 Å². The SMILES string of the molecule is CN1CCN(c2cc(N3CCN(C(=O)c4ccccc4F)CC3)ncn2)CC1. The number of rotatable bonds is 3. The summed E-state index contributed by atoms with van der Waals surface area (Å²) in [5.41, 5.74) is 0.135. The molecule has 2 fully saturated rings. The number of carbonyl (C=O) groups is 1. The van der Waals surface area contributed by atoms with Crippen LogP contribution in [0.2, 0.25) is 0 Å². The minimum atomic E-state index is -0.470. The zero-order valence-electron chi connectivity index (χ0n) is 16.1. The van der Waals surface area contributed by atoms with E-state index in [-0.39, 0.29) is 11.5 Å². The van der Waals surface area contributed by atoms with Gasteiger partial charge >= 0.3 is 0 Å². The Bertz CT molecular complexity index is 831. The van der Waals surface area contributed by atoms with Crippen LogP contribution in [0.5, 0.6) is 0 Å². The highest BCUT2D eigenvalue weighted by molar-refractivity contribution is 5.94. The fourth-order valence-corrected chi connectivity index (χ4v) is 3.66. The molecule has 0 spiro atoms. The summed E-state index contributed by atoms with van der Waals surface area (Å²) in [5.74, 6) is 1.10. The molecule has 2 aliphatic heterocycles. The maximum absolute atomic E-state index is 13.9. The second kappa shape index (κ2) is 8.10. The summed E-state index contributed by atoms with van der Waals surface area (Å²) in [7, 11) is 2.13. The van der Waals surface area contributed by atoms with Crippen LogP contribution >= 0.6 is 0 Å². The van der Waals surface area contributed by atoms with E-state index in [4.69, 9.17) is 0 Å². The van der Waals surface area contributed by atoms with Crippen LogP contribution in [0.25, 0.3) is 0 Å². The van der Waals surface area contributed by atoms with Gasteiger partial charge < -0.3 is 19.6 Å². The highest BCUT2D eigenvalue weighted by atomic mass is 19.1. The highest BCUT2D eigenvalue weighted by Crippen LogP contribution is 2.21. The van der Waals surface area contributed by atoms with Gasteiger partial charge in [-0.15, -0.1) is 0 Å². The molecule has 2 aromatic rings. The fourth-order valence-electron chi connectivity index (χ4n) is 3.66. The number of aromatic nitrogens is 2. The summed E-state index contributed by atoms with van der Waals surface area (Å²) < 4.78 is 13.9. The standard InChI is InChI=1S/C20H25FN6O/c1-24-6-8-25(9-7-24)18-14-19(23-15-22-18)26-10-12-27(13-11-26)20(28)16-4-2-3-5-17(16)21/h2-5,14-15H,6-13H2,1H3. The van der Waals surface area contributed by atoms with Crippen LogP contribution in [0.15, 0.2) is 36.7 Å². The van der Waals surface area contributed by atoms with Crippen LogP contribution in [0.3, 0.4) is 0 Å². The number of likely N-dealkylation sites (N-methyl/N-ethyl adjacent to an activating group) is 1. The van der Waals surface area contributed by atoms with Crippen molar-refractivity contribution >= 4 is 17.5 Å². The van der Waals surface area contributed by atoms with Gasteiger partial charge in [0.1, 0.15) is 23.8 Å². The van der Waals surface area contributed by atoms with Crippen LogP contribution < -0.4 is 9.80 Å². The van der Waals surface area contributed by atoms with E-state index in [0.29, 0.717) is 26.2 Å². The third-order valence-corrected chi connectivity index (χ3v) is 5.46. The molecule has 0 saturated carbocycles. The Hall–Kier alpha value is -2.74. The molecule has 1 amide bonds. The molecule has 0 atom stereocenters. The number of anilines is 2. The van der Waals surface area contributed by atoms with Gasteiger partial charge in [-0.2, -0.15) is 0 Å². The molecular formula is C20H25FN6O. The lowest BCUT2D eigenvalue weighted by molar-refractivity contribution is 0.0742. The molecule has 2 aliphatic rings. The second-order valence-corrected chi connectivity index (χ2v) is 7.28. The number of hydrogen-bond donors (Lipinski definition) is 0. The zero-order valence-corrected chi connectivity index (χ0v) is 16.1. The quantitative estimate of drug-likeness (QED) is 0.796. The second-order valence-electron chi connectivity index (χ2n) is 7.28. The molecule has 3 heterocycles. The lowest BCUT2D eigenvalue weighted by Crippen LogP contribution is -2.49. The molecule has 1 aromatic heterocycles. The van der Waals surface area contributed by atoms with Crippen LogP contribution in [0.1, 0.15) is 10.4 Å². The number of benzene rings is 1. The number of nitrogens with zero attached hydrogens (tertiary/aromatic N) is 6. The first kappa shape index (κ1) is 18.6. The first-order chi connectivity index (χ1) is 13.6. The molecule has 1 aromatic carbocycles. The largest absolute Gasteiger partial charge is 0.354 e. The minimum Gasteiger partial charge on any atom is -0.354 e. The molecule has 0 aliphatic carbocycles. The molecule has 28 heavy (non-hydrogen) atoms. The summed E-state index contributed by atoms with van der Waals surface area (Å²) >= 11 is 0. The Balaban J connectivity index is 1.39. The summed E-state index contributed by atoms with van der Waals surface area (Å²) in [6.07, 6.45) is 1.61. The van der Waals surface area contributed by atoms with Gasteiger partial charge in [0.05, 0.1) is 5.56 Å². The molecule has 148 valence electrons. The summed E-state index contributed by atoms with van der Waals surface area (Å²) in [6.45, 7) is 6.38. The first-order valence-corrected chi connectivity index (χ1v) is 9.66. The minimum absolute atomic E-state index is 0.135. The van der Waals surface area contributed by atoms with E-state index in [1.807, 2.05) is 6.07 Å². The number of amides is 1. The third kappa shape index (κ3) is 3.91. The Morgan fingerprint density at radius 1 is 0.893 bits per heavy atom. The Kier molecular flexibility index (Phi) is 5.38. The Morgan fingerprint density at radius 2 is 1.46 bits per heavy atom. The number of hydrogen-bond acceptors (Lipinski definition) is 6. The van der Waals surface area contributed by atoms with Gasteiger partial charge in [-0.05, 0) is 19.2 Å². The van der Waals surface area contributed by atoms with Crippen LogP contribution in [0, 0.1) is 5.82 Å². The van der Waals surface area contributed by atoms with Crippen LogP contribution in [-0.4, -0.2) is 85.1 Å². The predicted octanol–water partition coefficient (Wildman–Crippen LogP) is 1.33. The smallest absolute Gasteiger partial charge is 0.256 e. The van der Waals surface area contributed by atoms with Gasteiger partial charge in [-0.3, -0.25) is 4.79 Å². The average molecular weight is 384 g/mol. The monoisotopic (exact) mass is 384 g/mol. The van der Waals surface area contributed by atoms with Crippen LogP contribution in [0.4, 0.5) is 16.0 Å². The van der Waals surface area contributed by atoms with Crippen LogP contribution in [-0.2, 0) is 0 Å². The molecule has 0 N–H and O–H groups in total. The van der Waals surface area contributed by atoms with Gasteiger partial charge in [0.2, 0.25) is 0 Å². The van der Waals surface area contributed by atoms with Crippen molar-refractivity contribution in [2.24, 2.45) is 0 Å². The molecule has 0 radical (unpaired) electrons. The van der Waals surface area contributed by atoms with Gasteiger partial charge in [-0.1, -0.05) is 12.1 Å². The molecule has 4 rings (SSSR count). The number of halogens is 1. The molecule has 2 saturated heterocycles. The lowest BCUT2D eigenvalue weighted by atomic mass is 10.1. The molecule has 0 unspecified atom stereocenters. The van der Waals surface area contributed by atoms with Crippen molar-refractivity contribution in [3.8, 4) is 0 Å². The van der Waals surface area contributed by atoms with E-state index in [9.17, 15) is 9.18 Å². The fraction of sp³-hybridized carbons (Fsp3) is 0.450. The summed E-state index contributed by atoms with van der Waals surface area (Å²) in [6, 6.07) is 8.17. The van der Waals surface area contributed by atoms with Crippen molar-refractivity contribution in [3.05, 3.63) is 48.0 Å². The zero-order chi connectivity index (χ0) is 19.5. The average Bonchev–Trinajstić information content (AvgIpc) is 2.74.